The van der Waals surface area contributed by atoms with E-state index in [9.17, 15) is 0 Å². The van der Waals surface area contributed by atoms with Gasteiger partial charge in [-0.3, -0.25) is 0 Å². The predicted molar refractivity (Wildman–Crippen MR) is 115 cm³/mol. The topological polar surface area (TPSA) is 0 Å². The van der Waals surface area contributed by atoms with Gasteiger partial charge in [0.25, 0.3) is 0 Å². The van der Waals surface area contributed by atoms with Crippen LogP contribution in [0.5, 0.6) is 0 Å². The number of hydrogen-bond donors (Lipinski definition) is 0. The standard InChI is InChI=1S/C26H22/c1-26(2,3)25-10-6-9-21-22(25)14-13-19-15-18-12-11-17-7-4-5-8-20(17)23(18)16-24(19)21/h4-16H,1-3H3. The Morgan fingerprint density at radius 2 is 1.12 bits per heavy atom. The van der Waals surface area contributed by atoms with Gasteiger partial charge in [-0.25, -0.2) is 0 Å². The zero-order valence-electron chi connectivity index (χ0n) is 15.5. The van der Waals surface area contributed by atoms with Gasteiger partial charge in [-0.2, -0.15) is 0 Å². The molecular formula is C26H22. The second-order valence-corrected chi connectivity index (χ2v) is 8.30. The molecule has 126 valence electrons. The van der Waals surface area contributed by atoms with Crippen molar-refractivity contribution in [2.24, 2.45) is 0 Å². The van der Waals surface area contributed by atoms with Crippen molar-refractivity contribution in [3.05, 3.63) is 84.4 Å². The van der Waals surface area contributed by atoms with Crippen LogP contribution in [0.1, 0.15) is 26.3 Å². The van der Waals surface area contributed by atoms with E-state index in [1.165, 1.54) is 48.7 Å². The number of fused-ring (bicyclic) bond motifs is 6. The van der Waals surface area contributed by atoms with Crippen molar-refractivity contribution in [1.82, 2.24) is 0 Å². The molecule has 0 amide bonds. The highest BCUT2D eigenvalue weighted by molar-refractivity contribution is 6.17. The Hall–Kier alpha value is -2.86. The first kappa shape index (κ1) is 15.4. The van der Waals surface area contributed by atoms with Gasteiger partial charge in [0.1, 0.15) is 0 Å². The second-order valence-electron chi connectivity index (χ2n) is 8.30. The summed E-state index contributed by atoms with van der Waals surface area (Å²) in [5.74, 6) is 0. The van der Waals surface area contributed by atoms with E-state index < -0.39 is 0 Å². The molecule has 5 rings (SSSR count). The quantitative estimate of drug-likeness (QED) is 0.202. The molecule has 0 heterocycles. The summed E-state index contributed by atoms with van der Waals surface area (Å²) in [5, 5.41) is 10.7. The lowest BCUT2D eigenvalue weighted by molar-refractivity contribution is 0.596. The Balaban J connectivity index is 1.97. The molecule has 0 radical (unpaired) electrons. The average molecular weight is 334 g/mol. The van der Waals surface area contributed by atoms with Crippen molar-refractivity contribution in [2.45, 2.75) is 26.2 Å². The van der Waals surface area contributed by atoms with Gasteiger partial charge in [0.2, 0.25) is 0 Å². The first-order chi connectivity index (χ1) is 12.5. The second kappa shape index (κ2) is 5.32. The monoisotopic (exact) mass is 334 g/mol. The first-order valence-corrected chi connectivity index (χ1v) is 9.30. The van der Waals surface area contributed by atoms with Crippen LogP contribution in [0.2, 0.25) is 0 Å². The molecule has 5 aromatic rings. The third-order valence-corrected chi connectivity index (χ3v) is 5.55. The molecule has 0 bridgehead atoms. The molecule has 0 saturated carbocycles. The van der Waals surface area contributed by atoms with Crippen LogP contribution < -0.4 is 0 Å². The number of rotatable bonds is 0. The number of hydrogen-bond acceptors (Lipinski definition) is 0. The van der Waals surface area contributed by atoms with Crippen LogP contribution in [0, 0.1) is 0 Å². The lowest BCUT2D eigenvalue weighted by Gasteiger charge is -2.22. The highest BCUT2D eigenvalue weighted by Crippen LogP contribution is 2.36. The van der Waals surface area contributed by atoms with Gasteiger partial charge in [0.15, 0.2) is 0 Å². The summed E-state index contributed by atoms with van der Waals surface area (Å²) in [6.07, 6.45) is 0. The SMILES string of the molecule is CC(C)(C)c1cccc2c1ccc1cc3ccc4ccccc4c3cc12. The first-order valence-electron chi connectivity index (χ1n) is 9.30. The molecule has 0 atom stereocenters. The van der Waals surface area contributed by atoms with Crippen LogP contribution in [0.3, 0.4) is 0 Å². The maximum atomic E-state index is 2.39. The van der Waals surface area contributed by atoms with Crippen molar-refractivity contribution in [1.29, 1.82) is 0 Å². The third-order valence-electron chi connectivity index (χ3n) is 5.55. The highest BCUT2D eigenvalue weighted by atomic mass is 14.2. The van der Waals surface area contributed by atoms with Gasteiger partial charge in [-0.05, 0) is 66.2 Å². The van der Waals surface area contributed by atoms with Crippen LogP contribution in [-0.2, 0) is 5.41 Å². The lowest BCUT2D eigenvalue weighted by Crippen LogP contribution is -2.11. The molecule has 26 heavy (non-hydrogen) atoms. The van der Waals surface area contributed by atoms with Crippen LogP contribution >= 0.6 is 0 Å². The molecule has 0 N–H and O–H groups in total. The molecule has 0 spiro atoms. The van der Waals surface area contributed by atoms with Crippen molar-refractivity contribution in [2.75, 3.05) is 0 Å². The van der Waals surface area contributed by atoms with E-state index in [2.05, 4.69) is 99.6 Å². The minimum absolute atomic E-state index is 0.136. The van der Waals surface area contributed by atoms with Crippen LogP contribution in [-0.4, -0.2) is 0 Å². The molecule has 0 aliphatic rings. The maximum Gasteiger partial charge on any atom is -0.00987 e. The van der Waals surface area contributed by atoms with Crippen LogP contribution in [0.4, 0.5) is 0 Å². The molecule has 5 aromatic carbocycles. The molecule has 0 aliphatic heterocycles. The van der Waals surface area contributed by atoms with Crippen molar-refractivity contribution < 1.29 is 0 Å². The molecule has 0 nitrogen and oxygen atoms in total. The largest absolute Gasteiger partial charge is 0.0616 e. The van der Waals surface area contributed by atoms with E-state index in [0.717, 1.165) is 0 Å². The van der Waals surface area contributed by atoms with Gasteiger partial charge in [-0.1, -0.05) is 87.5 Å². The van der Waals surface area contributed by atoms with E-state index >= 15 is 0 Å². The predicted octanol–water partition coefficient (Wildman–Crippen LogP) is 7.60. The Bertz CT molecular complexity index is 1300. The molecular weight excluding hydrogens is 312 g/mol. The smallest absolute Gasteiger partial charge is 0.00987 e. The summed E-state index contributed by atoms with van der Waals surface area (Å²) in [6, 6.07) is 29.2. The summed E-state index contributed by atoms with van der Waals surface area (Å²) in [6.45, 7) is 6.87. The Morgan fingerprint density at radius 1 is 0.462 bits per heavy atom. The zero-order chi connectivity index (χ0) is 17.9. The van der Waals surface area contributed by atoms with Crippen molar-refractivity contribution >= 4 is 43.1 Å². The van der Waals surface area contributed by atoms with Gasteiger partial charge in [-0.15, -0.1) is 0 Å². The van der Waals surface area contributed by atoms with E-state index in [-0.39, 0.29) is 5.41 Å². The lowest BCUT2D eigenvalue weighted by atomic mass is 9.82. The molecule has 0 fully saturated rings. The van der Waals surface area contributed by atoms with Gasteiger partial charge in [0.05, 0.1) is 0 Å². The van der Waals surface area contributed by atoms with Gasteiger partial charge < -0.3 is 0 Å². The Kier molecular flexibility index (Phi) is 3.15. The Labute approximate surface area is 154 Å². The molecule has 0 aromatic heterocycles. The fraction of sp³-hybridized carbons (Fsp3) is 0.154. The maximum absolute atomic E-state index is 2.39. The fourth-order valence-corrected chi connectivity index (χ4v) is 4.25. The third kappa shape index (κ3) is 2.22. The summed E-state index contributed by atoms with van der Waals surface area (Å²) < 4.78 is 0. The molecule has 0 heteroatoms. The summed E-state index contributed by atoms with van der Waals surface area (Å²) in [7, 11) is 0. The van der Waals surface area contributed by atoms with E-state index in [1.54, 1.807) is 0 Å². The van der Waals surface area contributed by atoms with E-state index in [4.69, 9.17) is 0 Å². The highest BCUT2D eigenvalue weighted by Gasteiger charge is 2.17. The minimum atomic E-state index is 0.136. The van der Waals surface area contributed by atoms with Crippen LogP contribution in [0.15, 0.2) is 78.9 Å². The molecule has 0 aliphatic carbocycles. The normalized spacial score (nSPS) is 12.4. The zero-order valence-corrected chi connectivity index (χ0v) is 15.5. The van der Waals surface area contributed by atoms with E-state index in [1.807, 2.05) is 0 Å². The summed E-state index contributed by atoms with van der Waals surface area (Å²) in [4.78, 5) is 0. The Morgan fingerprint density at radius 3 is 1.92 bits per heavy atom. The van der Waals surface area contributed by atoms with Crippen molar-refractivity contribution in [3.8, 4) is 0 Å². The number of benzene rings is 5. The molecule has 0 saturated heterocycles. The minimum Gasteiger partial charge on any atom is -0.0616 e. The van der Waals surface area contributed by atoms with Crippen LogP contribution in [0.25, 0.3) is 43.1 Å². The molecule has 0 unspecified atom stereocenters. The fourth-order valence-electron chi connectivity index (χ4n) is 4.25. The van der Waals surface area contributed by atoms with Crippen molar-refractivity contribution in [3.63, 3.8) is 0 Å². The summed E-state index contributed by atoms with van der Waals surface area (Å²) >= 11 is 0. The van der Waals surface area contributed by atoms with Gasteiger partial charge >= 0.3 is 0 Å². The summed E-state index contributed by atoms with van der Waals surface area (Å²) in [5.41, 5.74) is 1.55. The average Bonchev–Trinajstić information content (AvgIpc) is 2.65. The van der Waals surface area contributed by atoms with Gasteiger partial charge in [0, 0.05) is 0 Å². The van der Waals surface area contributed by atoms with E-state index in [0.29, 0.717) is 0 Å².